The fourth-order valence-corrected chi connectivity index (χ4v) is 11.6. The molecule has 3 heterocycles. The third-order valence-electron chi connectivity index (χ3n) is 13.2. The Morgan fingerprint density at radius 1 is 1.00 bits per heavy atom. The van der Waals surface area contributed by atoms with Crippen LogP contribution in [0.4, 0.5) is 5.69 Å². The Balaban J connectivity index is 0.895. The third-order valence-corrected chi connectivity index (χ3v) is 15.4. The van der Waals surface area contributed by atoms with Gasteiger partial charge in [0.15, 0.2) is 16.2 Å². The molecule has 5 aliphatic rings. The van der Waals surface area contributed by atoms with Gasteiger partial charge in [-0.2, -0.15) is 21.9 Å². The number of halogens is 1. The number of nitrogens with two attached hydrogens (primary N) is 3. The predicted octanol–water partition coefficient (Wildman–Crippen LogP) is 4.27. The van der Waals surface area contributed by atoms with Gasteiger partial charge in [0.2, 0.25) is 5.91 Å². The van der Waals surface area contributed by atoms with E-state index in [1.807, 2.05) is 31.2 Å². The zero-order valence-electron chi connectivity index (χ0n) is 38.3. The summed E-state index contributed by atoms with van der Waals surface area (Å²) in [5.41, 5.74) is 21.9. The largest absolute Gasteiger partial charge is 0.501 e. The lowest BCUT2D eigenvalue weighted by atomic mass is 9.69. The van der Waals surface area contributed by atoms with Gasteiger partial charge in [0, 0.05) is 59.3 Å². The molecule has 0 fully saturated rings. The second-order valence-corrected chi connectivity index (χ2v) is 20.8. The molecule has 0 saturated carbocycles. The number of methoxy groups -OCH3 is 1. The van der Waals surface area contributed by atoms with E-state index in [-0.39, 0.29) is 47.0 Å². The van der Waals surface area contributed by atoms with Crippen LogP contribution in [0.1, 0.15) is 95.7 Å². The number of hydrogen-bond donors (Lipinski definition) is 8. The van der Waals surface area contributed by atoms with Crippen LogP contribution >= 0.6 is 11.6 Å². The number of hydrogen-bond acceptors (Lipinski definition) is 16. The van der Waals surface area contributed by atoms with Gasteiger partial charge >= 0.3 is 5.97 Å². The molecule has 0 aromatic heterocycles. The number of rotatable bonds is 16. The molecule has 3 aromatic carbocycles. The number of ether oxygens (including phenoxy) is 3. The summed E-state index contributed by atoms with van der Waals surface area (Å²) >= 11 is 6.18. The molecule has 0 radical (unpaired) electrons. The highest BCUT2D eigenvalue weighted by Crippen LogP contribution is 2.59. The third kappa shape index (κ3) is 9.33. The molecule has 5 unspecified atom stereocenters. The van der Waals surface area contributed by atoms with Crippen molar-refractivity contribution in [2.75, 3.05) is 25.9 Å². The molecule has 3 aliphatic heterocycles. The van der Waals surface area contributed by atoms with Crippen LogP contribution in [0.3, 0.4) is 0 Å². The number of amides is 2. The normalized spacial score (nSPS) is 22.5. The second kappa shape index (κ2) is 19.4. The lowest BCUT2D eigenvalue weighted by molar-refractivity contribution is -0.121. The Labute approximate surface area is 409 Å². The van der Waals surface area contributed by atoms with E-state index in [1.54, 1.807) is 7.11 Å². The minimum Gasteiger partial charge on any atom is -0.501 e. The highest BCUT2D eigenvalue weighted by atomic mass is 35.5. The van der Waals surface area contributed by atoms with Gasteiger partial charge in [-0.25, -0.2) is 4.79 Å². The van der Waals surface area contributed by atoms with Gasteiger partial charge in [0.05, 0.1) is 41.8 Å². The molecule has 0 saturated heterocycles. The summed E-state index contributed by atoms with van der Waals surface area (Å²) in [4.78, 5) is 40.7. The van der Waals surface area contributed by atoms with E-state index < -0.39 is 88.9 Å². The number of benzene rings is 3. The Hall–Kier alpha value is -6.43. The van der Waals surface area contributed by atoms with E-state index in [0.717, 1.165) is 34.5 Å². The molecule has 20 nitrogen and oxygen atoms in total. The fraction of sp³-hybridized carbons (Fsp3) is 0.362. The van der Waals surface area contributed by atoms with E-state index in [4.69, 9.17) is 43.0 Å². The number of carbonyl (C=O) groups is 3. The zero-order valence-corrected chi connectivity index (χ0v) is 40.7. The molecule has 3 aromatic rings. The van der Waals surface area contributed by atoms with Crippen LogP contribution in [0, 0.1) is 5.92 Å². The second-order valence-electron chi connectivity index (χ2n) is 17.6. The number of nitrogens with one attached hydrogen (secondary N) is 3. The van der Waals surface area contributed by atoms with Crippen LogP contribution < -0.4 is 38.0 Å². The summed E-state index contributed by atoms with van der Waals surface area (Å²) in [6, 6.07) is 13.6. The van der Waals surface area contributed by atoms with Crippen molar-refractivity contribution in [3.8, 4) is 5.75 Å². The molecule has 1 spiro atoms. The summed E-state index contributed by atoms with van der Waals surface area (Å²) in [6.07, 6.45) is 5.51. The molecule has 2 aliphatic carbocycles. The van der Waals surface area contributed by atoms with Gasteiger partial charge < -0.3 is 46.9 Å². The molecule has 70 heavy (non-hydrogen) atoms. The summed E-state index contributed by atoms with van der Waals surface area (Å²) in [5.74, 6) is -2.03. The lowest BCUT2D eigenvalue weighted by Crippen LogP contribution is -2.53. The van der Waals surface area contributed by atoms with Gasteiger partial charge in [0.1, 0.15) is 23.0 Å². The molecular weight excluding hydrogens is 968 g/mol. The maximum atomic E-state index is 13.6. The quantitative estimate of drug-likeness (QED) is 0.0430. The monoisotopic (exact) mass is 1020 g/mol. The summed E-state index contributed by atoms with van der Waals surface area (Å²) < 4.78 is 89.0. The highest BCUT2D eigenvalue weighted by Gasteiger charge is 2.62. The SMILES string of the molecule is COC1=CC(C(C)c2ccc(Cl)cc2)=C(N2C(C)=NNC2[C@@H](N)CC(=O)NCCCCCNC(=O)c2ccc3c(c2)C2(OC3=O)c3ccc(N)c(S(=O)(=O)O)c3OC3C(S(=O)(=O)O)=C(N)C=CC32)CC1. The van der Waals surface area contributed by atoms with Crippen molar-refractivity contribution >= 4 is 61.1 Å². The van der Waals surface area contributed by atoms with Crippen LogP contribution in [0.25, 0.3) is 0 Å². The minimum atomic E-state index is -5.16. The Bertz CT molecular complexity index is 3050. The topological polar surface area (TPSA) is 317 Å². The van der Waals surface area contributed by atoms with Crippen molar-refractivity contribution in [3.63, 3.8) is 0 Å². The van der Waals surface area contributed by atoms with Crippen LogP contribution in [-0.4, -0.2) is 93.0 Å². The fourth-order valence-electron chi connectivity index (χ4n) is 9.84. The summed E-state index contributed by atoms with van der Waals surface area (Å²) in [6.45, 7) is 4.61. The van der Waals surface area contributed by atoms with Crippen LogP contribution in [0.2, 0.25) is 5.02 Å². The van der Waals surface area contributed by atoms with Crippen LogP contribution in [0.15, 0.2) is 110 Å². The average molecular weight is 1020 g/mol. The average Bonchev–Trinajstić information content (AvgIpc) is 3.83. The molecule has 0 bridgehead atoms. The van der Waals surface area contributed by atoms with Crippen LogP contribution in [-0.2, 0) is 40.1 Å². The number of nitrogens with zero attached hydrogens (tertiary/aromatic N) is 2. The van der Waals surface area contributed by atoms with Crippen molar-refractivity contribution in [1.82, 2.24) is 21.0 Å². The van der Waals surface area contributed by atoms with Gasteiger partial charge in [-0.05, 0) is 98.4 Å². The molecule has 372 valence electrons. The van der Waals surface area contributed by atoms with Crippen molar-refractivity contribution < 1.29 is 54.5 Å². The summed E-state index contributed by atoms with van der Waals surface area (Å²) in [7, 11) is -8.63. The predicted molar refractivity (Wildman–Crippen MR) is 258 cm³/mol. The van der Waals surface area contributed by atoms with Gasteiger partial charge in [-0.1, -0.05) is 36.7 Å². The van der Waals surface area contributed by atoms with E-state index in [1.165, 1.54) is 36.4 Å². The number of hydrazone groups is 1. The number of amidine groups is 1. The number of esters is 1. The van der Waals surface area contributed by atoms with E-state index in [9.17, 15) is 40.3 Å². The highest BCUT2D eigenvalue weighted by molar-refractivity contribution is 7.89. The first kappa shape index (κ1) is 50.0. The standard InChI is InChI=1S/C47H53ClN8O12S2/c1-24(26-7-10-28(48)11-8-26)31-22-29(66-3)12-18-38(31)56-25(2)54-55-44(56)37(51)23-39(57)52-19-5-4-6-20-53-45(58)27-9-13-30-34(21-27)47(68-46(30)59)32-14-16-35(49)42(69(60,61)62)40(32)67-41-33(47)15-17-36(50)43(41)70(63,64)65/h7-11,13-17,21-22,24,32,37,40,44,55H,4-6,12,18-20,23,49-51H2,1-3H3,(H,52,57)(H,53,58)(H,60,61,62)(H,63,64,65)/t24?,32?,37-,40?,44?,47?/m0/s1. The van der Waals surface area contributed by atoms with Crippen molar-refractivity contribution in [2.45, 2.75) is 87.1 Å². The maximum absolute atomic E-state index is 13.6. The summed E-state index contributed by atoms with van der Waals surface area (Å²) in [5, 5.41) is 10.9. The van der Waals surface area contributed by atoms with Crippen molar-refractivity contribution in [2.24, 2.45) is 22.5 Å². The first-order chi connectivity index (χ1) is 33.1. The lowest BCUT2D eigenvalue weighted by Gasteiger charge is -2.46. The van der Waals surface area contributed by atoms with E-state index in [2.05, 4.69) is 39.1 Å². The van der Waals surface area contributed by atoms with Gasteiger partial charge in [-0.15, -0.1) is 0 Å². The minimum absolute atomic E-state index is 0.00550. The number of allylic oxidation sites excluding steroid dienone is 5. The Kier molecular flexibility index (Phi) is 13.9. The maximum Gasteiger partial charge on any atom is 0.339 e. The molecule has 8 rings (SSSR count). The zero-order chi connectivity index (χ0) is 50.4. The van der Waals surface area contributed by atoms with E-state index in [0.29, 0.717) is 43.7 Å². The molecule has 23 heteroatoms. The molecule has 2 amide bonds. The Morgan fingerprint density at radius 3 is 2.40 bits per heavy atom. The van der Waals surface area contributed by atoms with Crippen molar-refractivity contribution in [3.05, 3.63) is 133 Å². The first-order valence-electron chi connectivity index (χ1n) is 22.4. The van der Waals surface area contributed by atoms with Crippen molar-refractivity contribution in [1.29, 1.82) is 0 Å². The Morgan fingerprint density at radius 2 is 1.71 bits per heavy atom. The number of unbranched alkanes of at least 4 members (excludes halogenated alkanes) is 2. The number of nitrogen functional groups attached to an aromatic ring is 1. The number of anilines is 1. The van der Waals surface area contributed by atoms with E-state index >= 15 is 0 Å². The van der Waals surface area contributed by atoms with Gasteiger partial charge in [0.25, 0.3) is 26.1 Å². The molecule has 11 N–H and O–H groups in total. The first-order valence-corrected chi connectivity index (χ1v) is 25.6. The number of carbonyl (C=O) groups excluding carboxylic acids is 3. The number of fused-ring (bicyclic) bond motifs is 6. The molecular formula is C47H53ClN8O12S2. The van der Waals surface area contributed by atoms with Crippen LogP contribution in [0.5, 0.6) is 5.75 Å². The molecule has 6 atom stereocenters. The van der Waals surface area contributed by atoms with Gasteiger partial charge in [-0.3, -0.25) is 24.1 Å². The smallest absolute Gasteiger partial charge is 0.339 e.